The standard InChI is InChI=1S/C13H23N3O3/c1-19-7-6-14-12(17)8-11-13(18)16-10-5-3-2-4-9(10)15-11/h9-11,15H,2-8H2,1H3,(H,14,17)(H,16,18)/t9-,10-,11+/m0/s1. The Morgan fingerprint density at radius 1 is 1.37 bits per heavy atom. The van der Waals surface area contributed by atoms with Crippen molar-refractivity contribution >= 4 is 11.8 Å². The van der Waals surface area contributed by atoms with Crippen molar-refractivity contribution in [2.75, 3.05) is 20.3 Å². The summed E-state index contributed by atoms with van der Waals surface area (Å²) < 4.78 is 4.86. The summed E-state index contributed by atoms with van der Waals surface area (Å²) in [5, 5.41) is 9.10. The van der Waals surface area contributed by atoms with Crippen LogP contribution in [0.2, 0.25) is 0 Å². The molecule has 0 radical (unpaired) electrons. The topological polar surface area (TPSA) is 79.5 Å². The lowest BCUT2D eigenvalue weighted by Gasteiger charge is -2.40. The Bertz CT molecular complexity index is 335. The van der Waals surface area contributed by atoms with Crippen LogP contribution < -0.4 is 16.0 Å². The molecule has 3 N–H and O–H groups in total. The van der Waals surface area contributed by atoms with Crippen LogP contribution in [0.1, 0.15) is 32.1 Å². The molecule has 1 saturated heterocycles. The summed E-state index contributed by atoms with van der Waals surface area (Å²) in [5.74, 6) is -0.163. The molecular formula is C13H23N3O3. The lowest BCUT2D eigenvalue weighted by Crippen LogP contribution is -2.65. The van der Waals surface area contributed by atoms with Gasteiger partial charge in [-0.05, 0) is 12.8 Å². The maximum Gasteiger partial charge on any atom is 0.237 e. The van der Waals surface area contributed by atoms with E-state index in [0.29, 0.717) is 19.2 Å². The maximum atomic E-state index is 11.9. The number of fused-ring (bicyclic) bond motifs is 1. The molecule has 108 valence electrons. The van der Waals surface area contributed by atoms with Gasteiger partial charge < -0.3 is 20.7 Å². The van der Waals surface area contributed by atoms with Crippen LogP contribution >= 0.6 is 0 Å². The van der Waals surface area contributed by atoms with Crippen molar-refractivity contribution in [2.24, 2.45) is 0 Å². The first-order chi connectivity index (χ1) is 9.20. The molecular weight excluding hydrogens is 246 g/mol. The van der Waals surface area contributed by atoms with Crippen molar-refractivity contribution in [1.82, 2.24) is 16.0 Å². The van der Waals surface area contributed by atoms with Crippen LogP contribution in [0.3, 0.4) is 0 Å². The van der Waals surface area contributed by atoms with E-state index < -0.39 is 6.04 Å². The zero-order chi connectivity index (χ0) is 13.7. The Hall–Kier alpha value is -1.14. The molecule has 2 rings (SSSR count). The zero-order valence-corrected chi connectivity index (χ0v) is 11.4. The number of piperazine rings is 1. The lowest BCUT2D eigenvalue weighted by molar-refractivity contribution is -0.131. The predicted octanol–water partition coefficient (Wildman–Crippen LogP) is -0.462. The van der Waals surface area contributed by atoms with Crippen molar-refractivity contribution < 1.29 is 14.3 Å². The first kappa shape index (κ1) is 14.3. The minimum atomic E-state index is -0.401. The van der Waals surface area contributed by atoms with Crippen LogP contribution in [-0.2, 0) is 14.3 Å². The highest BCUT2D eigenvalue weighted by atomic mass is 16.5. The second-order valence-electron chi connectivity index (χ2n) is 5.27. The van der Waals surface area contributed by atoms with Crippen LogP contribution in [0.25, 0.3) is 0 Å². The molecule has 2 fully saturated rings. The summed E-state index contributed by atoms with van der Waals surface area (Å²) in [6.07, 6.45) is 4.67. The van der Waals surface area contributed by atoms with Gasteiger partial charge in [0.15, 0.2) is 0 Å². The smallest absolute Gasteiger partial charge is 0.237 e. The van der Waals surface area contributed by atoms with E-state index in [4.69, 9.17) is 4.74 Å². The van der Waals surface area contributed by atoms with Gasteiger partial charge in [-0.1, -0.05) is 12.8 Å². The average Bonchev–Trinajstić information content (AvgIpc) is 2.40. The number of ether oxygens (including phenoxy) is 1. The van der Waals surface area contributed by atoms with E-state index >= 15 is 0 Å². The molecule has 3 atom stereocenters. The summed E-state index contributed by atoms with van der Waals surface area (Å²) in [6, 6.07) is 0.166. The highest BCUT2D eigenvalue weighted by Crippen LogP contribution is 2.22. The molecule has 1 heterocycles. The van der Waals surface area contributed by atoms with Gasteiger partial charge >= 0.3 is 0 Å². The highest BCUT2D eigenvalue weighted by Gasteiger charge is 2.36. The third-order valence-electron chi connectivity index (χ3n) is 3.84. The number of hydrogen-bond acceptors (Lipinski definition) is 4. The Labute approximate surface area is 113 Å². The highest BCUT2D eigenvalue weighted by molar-refractivity contribution is 5.89. The summed E-state index contributed by atoms with van der Waals surface area (Å²) >= 11 is 0. The molecule has 1 aliphatic carbocycles. The number of nitrogens with one attached hydrogen (secondary N) is 3. The van der Waals surface area contributed by atoms with Crippen LogP contribution in [-0.4, -0.2) is 50.2 Å². The normalized spacial score (nSPS) is 30.4. The number of rotatable bonds is 5. The largest absolute Gasteiger partial charge is 0.383 e. The third-order valence-corrected chi connectivity index (χ3v) is 3.84. The van der Waals surface area contributed by atoms with Gasteiger partial charge in [-0.25, -0.2) is 0 Å². The Balaban J connectivity index is 1.79. The Kier molecular flexibility index (Phi) is 5.15. The summed E-state index contributed by atoms with van der Waals surface area (Å²) in [6.45, 7) is 0.969. The number of hydrogen-bond donors (Lipinski definition) is 3. The average molecular weight is 269 g/mol. The molecule has 6 heteroatoms. The summed E-state index contributed by atoms with van der Waals surface area (Å²) in [5.41, 5.74) is 0. The number of carbonyl (C=O) groups excluding carboxylic acids is 2. The van der Waals surface area contributed by atoms with E-state index in [-0.39, 0.29) is 24.3 Å². The molecule has 6 nitrogen and oxygen atoms in total. The number of methoxy groups -OCH3 is 1. The minimum absolute atomic E-state index is 0.0509. The van der Waals surface area contributed by atoms with Crippen molar-refractivity contribution in [3.8, 4) is 0 Å². The van der Waals surface area contributed by atoms with Crippen LogP contribution in [0.15, 0.2) is 0 Å². The monoisotopic (exact) mass is 269 g/mol. The first-order valence-corrected chi connectivity index (χ1v) is 7.03. The van der Waals surface area contributed by atoms with E-state index in [9.17, 15) is 9.59 Å². The molecule has 2 aliphatic rings. The Morgan fingerprint density at radius 3 is 2.84 bits per heavy atom. The van der Waals surface area contributed by atoms with E-state index in [1.54, 1.807) is 7.11 Å². The molecule has 0 aromatic rings. The molecule has 2 amide bonds. The van der Waals surface area contributed by atoms with Crippen molar-refractivity contribution in [3.05, 3.63) is 0 Å². The second-order valence-corrected chi connectivity index (χ2v) is 5.27. The van der Waals surface area contributed by atoms with Gasteiger partial charge in [-0.15, -0.1) is 0 Å². The fourth-order valence-electron chi connectivity index (χ4n) is 2.82. The van der Waals surface area contributed by atoms with Crippen molar-refractivity contribution in [3.63, 3.8) is 0 Å². The van der Waals surface area contributed by atoms with Crippen LogP contribution in [0.5, 0.6) is 0 Å². The maximum absolute atomic E-state index is 11.9. The quantitative estimate of drug-likeness (QED) is 0.590. The van der Waals surface area contributed by atoms with E-state index in [2.05, 4.69) is 16.0 Å². The molecule has 1 aliphatic heterocycles. The molecule has 0 unspecified atom stereocenters. The van der Waals surface area contributed by atoms with Crippen LogP contribution in [0, 0.1) is 0 Å². The number of amides is 2. The fraction of sp³-hybridized carbons (Fsp3) is 0.846. The van der Waals surface area contributed by atoms with Crippen molar-refractivity contribution in [1.29, 1.82) is 0 Å². The van der Waals surface area contributed by atoms with Gasteiger partial charge in [0, 0.05) is 25.7 Å². The lowest BCUT2D eigenvalue weighted by atomic mass is 9.87. The van der Waals surface area contributed by atoms with E-state index in [0.717, 1.165) is 12.8 Å². The minimum Gasteiger partial charge on any atom is -0.383 e. The van der Waals surface area contributed by atoms with Gasteiger partial charge in [0.25, 0.3) is 0 Å². The first-order valence-electron chi connectivity index (χ1n) is 7.03. The Morgan fingerprint density at radius 2 is 2.11 bits per heavy atom. The summed E-state index contributed by atoms with van der Waals surface area (Å²) in [4.78, 5) is 23.6. The molecule has 1 saturated carbocycles. The molecule has 0 bridgehead atoms. The summed E-state index contributed by atoms with van der Waals surface area (Å²) in [7, 11) is 1.59. The van der Waals surface area contributed by atoms with Gasteiger partial charge in [0.05, 0.1) is 19.1 Å². The predicted molar refractivity (Wildman–Crippen MR) is 70.6 cm³/mol. The number of carbonyl (C=O) groups is 2. The SMILES string of the molecule is COCCNC(=O)C[C@H]1N[C@H]2CCCC[C@@H]2NC1=O. The van der Waals surface area contributed by atoms with E-state index in [1.165, 1.54) is 12.8 Å². The zero-order valence-electron chi connectivity index (χ0n) is 11.4. The van der Waals surface area contributed by atoms with Gasteiger partial charge in [-0.3, -0.25) is 9.59 Å². The van der Waals surface area contributed by atoms with Gasteiger partial charge in [-0.2, -0.15) is 0 Å². The third kappa shape index (κ3) is 3.91. The van der Waals surface area contributed by atoms with Gasteiger partial charge in [0.2, 0.25) is 11.8 Å². The molecule has 0 aromatic carbocycles. The molecule has 19 heavy (non-hydrogen) atoms. The molecule has 0 spiro atoms. The van der Waals surface area contributed by atoms with Gasteiger partial charge in [0.1, 0.15) is 0 Å². The molecule has 0 aromatic heterocycles. The fourth-order valence-corrected chi connectivity index (χ4v) is 2.82. The van der Waals surface area contributed by atoms with Crippen molar-refractivity contribution in [2.45, 2.75) is 50.2 Å². The van der Waals surface area contributed by atoms with Crippen LogP contribution in [0.4, 0.5) is 0 Å². The van der Waals surface area contributed by atoms with E-state index in [1.807, 2.05) is 0 Å². The second kappa shape index (κ2) is 6.86.